The second kappa shape index (κ2) is 40.0. The van der Waals surface area contributed by atoms with Gasteiger partial charge in [-0.3, -0.25) is 14.1 Å². The smallest absolute Gasteiger partial charge is 0.384 e. The van der Waals surface area contributed by atoms with Gasteiger partial charge >= 0.3 is 21.2 Å². The van der Waals surface area contributed by atoms with E-state index >= 15 is 0 Å². The minimum Gasteiger partial charge on any atom is -0.384 e. The van der Waals surface area contributed by atoms with E-state index in [2.05, 4.69) is 166 Å². The van der Waals surface area contributed by atoms with Gasteiger partial charge in [-0.25, -0.2) is 4.68 Å². The summed E-state index contributed by atoms with van der Waals surface area (Å²) in [6.07, 6.45) is 19.8. The molecule has 0 bridgehead atoms. The molecule has 0 fully saturated rings. The van der Waals surface area contributed by atoms with Gasteiger partial charge in [0.15, 0.2) is 11.5 Å². The van der Waals surface area contributed by atoms with Gasteiger partial charge in [0, 0.05) is 85.9 Å². The Bertz CT molecular complexity index is 4200. The number of para-hydroxylation sites is 2. The summed E-state index contributed by atoms with van der Waals surface area (Å²) < 4.78 is 117. The highest BCUT2D eigenvalue weighted by Crippen LogP contribution is 2.49. The Morgan fingerprint density at radius 2 is 1.30 bits per heavy atom. The van der Waals surface area contributed by atoms with E-state index in [1.54, 1.807) is 6.07 Å². The first-order valence-electron chi connectivity index (χ1n) is 35.6. The van der Waals surface area contributed by atoms with Gasteiger partial charge in [0.1, 0.15) is 6.54 Å². The number of Topliss-reactive ketones (excluding diaryl/α,β-unsaturated/α-hetero) is 1. The number of unbranched alkanes of at least 4 members (excludes halogenated alkanes) is 3. The van der Waals surface area contributed by atoms with Crippen LogP contribution < -0.4 is 21.3 Å². The second-order valence-electron chi connectivity index (χ2n) is 27.8. The number of hydrogen-bond acceptors (Lipinski definition) is 19. The average molecular weight is 1480 g/mol. The topological polar surface area (TPSA) is 311 Å². The number of aromatic nitrogens is 2. The van der Waals surface area contributed by atoms with Crippen molar-refractivity contribution in [1.29, 1.82) is 0 Å². The number of nitrogens with two attached hydrogens (primary N) is 1. The summed E-state index contributed by atoms with van der Waals surface area (Å²) >= 11 is 0. The number of allylic oxidation sites excluding steroid dienone is 8. The number of primary amides is 1. The largest absolute Gasteiger partial charge is 0.425 e. The molecule has 5 aromatic rings. The van der Waals surface area contributed by atoms with E-state index in [0.29, 0.717) is 127 Å². The van der Waals surface area contributed by atoms with E-state index in [1.807, 2.05) is 23.7 Å². The highest BCUT2D eigenvalue weighted by Gasteiger charge is 2.44. The fourth-order valence-electron chi connectivity index (χ4n) is 13.9. The molecule has 9 rings (SSSR count). The number of nitrogens with zero attached hydrogens (tertiary/aromatic N) is 4. The van der Waals surface area contributed by atoms with Crippen LogP contribution in [0.5, 0.6) is 0 Å². The van der Waals surface area contributed by atoms with Crippen LogP contribution in [0.4, 0.5) is 17.1 Å². The van der Waals surface area contributed by atoms with Crippen LogP contribution in [0, 0.1) is 12.3 Å². The Morgan fingerprint density at radius 1 is 0.699 bits per heavy atom. The van der Waals surface area contributed by atoms with Gasteiger partial charge in [0.25, 0.3) is 16.0 Å². The predicted octanol–water partition coefficient (Wildman–Crippen LogP) is 11.5. The van der Waals surface area contributed by atoms with Crippen LogP contribution in [0.25, 0.3) is 11.3 Å². The van der Waals surface area contributed by atoms with Crippen molar-refractivity contribution in [2.45, 2.75) is 150 Å². The number of fused-ring (bicyclic) bond motifs is 3. The molecule has 3 heterocycles. The van der Waals surface area contributed by atoms with Crippen LogP contribution in [0.15, 0.2) is 132 Å². The number of rotatable bonds is 38. The number of aryl methyl sites for hydroxylation is 1. The van der Waals surface area contributed by atoms with Gasteiger partial charge in [-0.15, -0.1) is 25.3 Å². The number of carbonyl (C=O) groups excluding carboxylic acids is 2. The third-order valence-electron chi connectivity index (χ3n) is 18.8. The third kappa shape index (κ3) is 24.5. The molecule has 26 heteroatoms. The second-order valence-corrected chi connectivity index (χ2v) is 30.2. The van der Waals surface area contributed by atoms with Crippen molar-refractivity contribution in [2.75, 3.05) is 108 Å². The summed E-state index contributed by atoms with van der Waals surface area (Å²) in [5.74, 6) is -0.655. The molecule has 0 saturated carbocycles. The van der Waals surface area contributed by atoms with E-state index in [1.165, 1.54) is 68.9 Å². The van der Waals surface area contributed by atoms with Crippen molar-refractivity contribution < 1.29 is 76.1 Å². The zero-order chi connectivity index (χ0) is 74.7. The lowest BCUT2D eigenvalue weighted by Gasteiger charge is -2.29. The summed E-state index contributed by atoms with van der Waals surface area (Å²) in [6.45, 7) is 26.3. The first-order chi connectivity index (χ1) is 49.1. The monoisotopic (exact) mass is 1480 g/mol. The molecule has 5 N–H and O–H groups in total. The maximum Gasteiger partial charge on any atom is 0.425 e. The molecular weight excluding hydrogens is 1380 g/mol. The van der Waals surface area contributed by atoms with Gasteiger partial charge in [0.2, 0.25) is 5.69 Å². The number of ketones is 1. The average Bonchev–Trinajstić information content (AvgIpc) is 1.62. The van der Waals surface area contributed by atoms with Gasteiger partial charge < -0.3 is 45.0 Å². The number of carbonyl (C=O) groups is 2. The minimum atomic E-state index is -4.03. The molecule has 0 unspecified atom stereocenters. The van der Waals surface area contributed by atoms with Crippen LogP contribution in [0.3, 0.4) is 0 Å². The van der Waals surface area contributed by atoms with Crippen LogP contribution >= 0.6 is 0 Å². The molecule has 0 atom stereocenters. The predicted molar refractivity (Wildman–Crippen MR) is 400 cm³/mol. The standard InChI is InChI=1S/C77H103N7O10S.2O3S/c1-9-10-15-39-82-66-25-13-11-23-63(66)76(5,6)70(82)35-31-58-21-18-22-59(32-36-71-77(7,8)64-24-12-14-26-67(64)83(71)40-16-17-51-95(87,88)89)73(58)60-29-27-57(28-30-60)55-79-37-19-41-90-43-45-92-47-49-94-50-48-93-46-44-91-42-20-38-80-65-52-61(33-34-62(65)74(78)86)84-68-53-75(3,4)54-69(85)72(68)56(2)81-84;2*1-4(2)3/h11-14,23-36,52,79H,9-10,15-22,37-51,53-55H2,1-8H3,(H3-,78,80,86,87,88,89);;/p+1. The van der Waals surface area contributed by atoms with Crippen molar-refractivity contribution in [2.24, 2.45) is 11.1 Å². The normalized spacial score (nSPS) is 16.5. The van der Waals surface area contributed by atoms with E-state index in [0.717, 1.165) is 75.2 Å². The fourth-order valence-corrected chi connectivity index (χ4v) is 14.5. The van der Waals surface area contributed by atoms with E-state index in [9.17, 15) is 22.6 Å². The molecule has 0 radical (unpaired) electrons. The highest BCUT2D eigenvalue weighted by molar-refractivity contribution is 7.85. The van der Waals surface area contributed by atoms with Gasteiger partial charge in [-0.05, 0) is 154 Å². The molecule has 23 nitrogen and oxygen atoms in total. The molecular formula is C77H104N7O16S3+. The summed E-state index contributed by atoms with van der Waals surface area (Å²) in [4.78, 5) is 27.6. The van der Waals surface area contributed by atoms with Crippen molar-refractivity contribution in [3.05, 3.63) is 177 Å². The highest BCUT2D eigenvalue weighted by atomic mass is 32.2. The maximum atomic E-state index is 13.0. The number of ether oxygens (including phenoxy) is 5. The Hall–Kier alpha value is -7.63. The summed E-state index contributed by atoms with van der Waals surface area (Å²) in [7, 11) is -10.3. The van der Waals surface area contributed by atoms with Gasteiger partial charge in [0.05, 0.1) is 92.2 Å². The Kier molecular flexibility index (Phi) is 32.1. The molecule has 4 aromatic carbocycles. The summed E-state index contributed by atoms with van der Waals surface area (Å²) in [6, 6.07) is 31.9. The lowest BCUT2D eigenvalue weighted by Crippen LogP contribution is -2.28. The molecule has 0 saturated heterocycles. The Morgan fingerprint density at radius 3 is 1.92 bits per heavy atom. The lowest BCUT2D eigenvalue weighted by molar-refractivity contribution is -0.438. The number of amides is 1. The maximum absolute atomic E-state index is 13.0. The van der Waals surface area contributed by atoms with Crippen molar-refractivity contribution >= 4 is 71.4 Å². The molecule has 1 amide bonds. The first kappa shape index (κ1) is 82.7. The van der Waals surface area contributed by atoms with Crippen molar-refractivity contribution in [3.8, 4) is 5.69 Å². The molecule has 4 aliphatic rings. The van der Waals surface area contributed by atoms with Gasteiger partial charge in [-0.1, -0.05) is 114 Å². The zero-order valence-corrected chi connectivity index (χ0v) is 63.4. The summed E-state index contributed by atoms with van der Waals surface area (Å²) in [5.41, 5.74) is 23.2. The first-order valence-corrected chi connectivity index (χ1v) is 39.2. The van der Waals surface area contributed by atoms with E-state index in [-0.39, 0.29) is 27.8 Å². The molecule has 2 aliphatic carbocycles. The third-order valence-corrected chi connectivity index (χ3v) is 19.6. The van der Waals surface area contributed by atoms with Gasteiger partial charge in [-0.2, -0.15) is 18.1 Å². The van der Waals surface area contributed by atoms with E-state index < -0.39 is 37.2 Å². The minimum absolute atomic E-state index is 0.115. The van der Waals surface area contributed by atoms with Crippen LogP contribution in [-0.4, -0.2) is 168 Å². The number of nitrogens with one attached hydrogen (secondary N) is 2. The summed E-state index contributed by atoms with van der Waals surface area (Å²) in [5, 5.41) is 11.7. The Labute approximate surface area is 610 Å². The fraction of sp³-hybridized carbons (Fsp3) is 0.506. The SMILES string of the molecule is CCCCC[N+]1=C(/C=C/C2=C(c3ccc(CNCCCOCCOCCOCCOCCOCCCNc4cc(-n5nc(C)c6c5CC(C)(C)CC6=O)ccc4C(N)=O)cc3)C(=C/C=C3/N(CCCCS(=O)(=O)O)c4ccccc4C3(C)C)/CCC2)C(C)(C)c2ccccc21.O=S(=O)=O.O=S(=O)=O. The van der Waals surface area contributed by atoms with E-state index in [4.69, 9.17) is 59.8 Å². The molecule has 1 aromatic heterocycles. The van der Waals surface area contributed by atoms with Crippen LogP contribution in [-0.2, 0) is 78.8 Å². The quantitative estimate of drug-likeness (QED) is 0.0162. The molecule has 560 valence electrons. The number of anilines is 2. The molecule has 0 spiro atoms. The Balaban J connectivity index is 0.00000176. The number of hydrogen-bond donors (Lipinski definition) is 4. The lowest BCUT2D eigenvalue weighted by atomic mass is 9.75. The number of benzene rings is 4. The van der Waals surface area contributed by atoms with Crippen molar-refractivity contribution in [3.63, 3.8) is 0 Å². The molecule has 2 aliphatic heterocycles. The van der Waals surface area contributed by atoms with Crippen molar-refractivity contribution in [1.82, 2.24) is 15.1 Å². The zero-order valence-electron chi connectivity index (χ0n) is 60.9. The molecule has 103 heavy (non-hydrogen) atoms. The van der Waals surface area contributed by atoms with Crippen LogP contribution in [0.2, 0.25) is 0 Å². The van der Waals surface area contributed by atoms with Crippen LogP contribution in [0.1, 0.15) is 173 Å².